The zero-order valence-electron chi connectivity index (χ0n) is 11.5. The van der Waals surface area contributed by atoms with Crippen molar-refractivity contribution in [3.05, 3.63) is 16.5 Å². The first-order valence-electron chi connectivity index (χ1n) is 6.31. The van der Waals surface area contributed by atoms with Gasteiger partial charge in [0, 0.05) is 32.2 Å². The molecule has 1 fully saturated rings. The number of rotatable bonds is 5. The second-order valence-electron chi connectivity index (χ2n) is 4.77. The van der Waals surface area contributed by atoms with Gasteiger partial charge in [0.1, 0.15) is 10.7 Å². The molecule has 2 N–H and O–H groups in total. The molecule has 0 radical (unpaired) electrons. The van der Waals surface area contributed by atoms with E-state index in [0.29, 0.717) is 25.4 Å². The molecule has 0 aliphatic carbocycles. The highest BCUT2D eigenvalue weighted by Gasteiger charge is 2.26. The molecule has 20 heavy (non-hydrogen) atoms. The minimum absolute atomic E-state index is 0.127. The second-order valence-corrected chi connectivity index (χ2v) is 7.12. The molecule has 0 unspecified atom stereocenters. The smallest absolute Gasteiger partial charge is 0.257 e. The van der Waals surface area contributed by atoms with Gasteiger partial charge in [-0.3, -0.25) is 0 Å². The maximum atomic E-state index is 12.3. The second kappa shape index (κ2) is 6.54. The van der Waals surface area contributed by atoms with Crippen LogP contribution in [-0.4, -0.2) is 58.6 Å². The summed E-state index contributed by atoms with van der Waals surface area (Å²) in [5.41, 5.74) is 0. The predicted molar refractivity (Wildman–Crippen MR) is 78.6 cm³/mol. The van der Waals surface area contributed by atoms with Gasteiger partial charge in [0.15, 0.2) is 4.67 Å². The molecule has 0 spiro atoms. The molecule has 0 bridgehead atoms. The van der Waals surface area contributed by atoms with E-state index in [0.717, 1.165) is 13.1 Å². The lowest BCUT2D eigenvalue weighted by molar-refractivity contribution is 0.134. The molecule has 0 saturated carbocycles. The summed E-state index contributed by atoms with van der Waals surface area (Å²) in [6.45, 7) is 3.46. The highest BCUT2D eigenvalue weighted by atomic mass is 79.9. The number of furan rings is 1. The fraction of sp³-hybridized carbons (Fsp3) is 0.636. The molecule has 1 aliphatic rings. The van der Waals surface area contributed by atoms with E-state index < -0.39 is 10.0 Å². The average molecular weight is 367 g/mol. The van der Waals surface area contributed by atoms with Gasteiger partial charge in [0.05, 0.1) is 6.54 Å². The topological polar surface area (TPSA) is 77.8 Å². The maximum Gasteiger partial charge on any atom is 0.257 e. The molecule has 7 nitrogen and oxygen atoms in total. The Balaban J connectivity index is 2.10. The Kier molecular flexibility index (Phi) is 5.21. The van der Waals surface area contributed by atoms with E-state index in [-0.39, 0.29) is 9.56 Å². The third kappa shape index (κ3) is 3.80. The van der Waals surface area contributed by atoms with Crippen molar-refractivity contribution in [2.24, 2.45) is 0 Å². The number of hydrogen-bond acceptors (Lipinski definition) is 6. The standard InChI is InChI=1S/C11H19BrN4O3S/c1-13-8-9-7-10(11(12)19-9)20(17,18)14-16-5-3-15(2)4-6-16/h7,13-14H,3-6,8H2,1-2H3. The van der Waals surface area contributed by atoms with Crippen molar-refractivity contribution in [1.82, 2.24) is 20.1 Å². The molecule has 0 atom stereocenters. The molecule has 0 aromatic carbocycles. The van der Waals surface area contributed by atoms with Gasteiger partial charge in [-0.25, -0.2) is 13.4 Å². The van der Waals surface area contributed by atoms with Crippen LogP contribution in [0.15, 0.2) is 20.0 Å². The van der Waals surface area contributed by atoms with Crippen molar-refractivity contribution >= 4 is 26.0 Å². The summed E-state index contributed by atoms with van der Waals surface area (Å²) in [6, 6.07) is 1.53. The van der Waals surface area contributed by atoms with Crippen LogP contribution in [0, 0.1) is 0 Å². The molecule has 1 saturated heterocycles. The lowest BCUT2D eigenvalue weighted by Gasteiger charge is -2.31. The van der Waals surface area contributed by atoms with Gasteiger partial charge in [-0.2, -0.15) is 0 Å². The van der Waals surface area contributed by atoms with Crippen LogP contribution in [0.5, 0.6) is 0 Å². The lowest BCUT2D eigenvalue weighted by Crippen LogP contribution is -2.52. The molecule has 1 aliphatic heterocycles. The highest BCUT2D eigenvalue weighted by molar-refractivity contribution is 9.10. The third-order valence-corrected chi connectivity index (χ3v) is 5.33. The Morgan fingerprint density at radius 1 is 1.35 bits per heavy atom. The summed E-state index contributed by atoms with van der Waals surface area (Å²) in [7, 11) is 0.171. The molecule has 1 aromatic rings. The Hall–Kier alpha value is -0.450. The average Bonchev–Trinajstić information content (AvgIpc) is 2.74. The number of piperazine rings is 1. The van der Waals surface area contributed by atoms with Gasteiger partial charge in [-0.05, 0) is 30.0 Å². The number of halogens is 1. The maximum absolute atomic E-state index is 12.3. The quantitative estimate of drug-likeness (QED) is 0.775. The van der Waals surface area contributed by atoms with Crippen molar-refractivity contribution in [1.29, 1.82) is 0 Å². The minimum Gasteiger partial charge on any atom is -0.452 e. The normalized spacial score (nSPS) is 18.6. The summed E-state index contributed by atoms with van der Waals surface area (Å²) in [6.07, 6.45) is 0. The van der Waals surface area contributed by atoms with Crippen molar-refractivity contribution in [2.45, 2.75) is 11.4 Å². The van der Waals surface area contributed by atoms with Crippen LogP contribution in [-0.2, 0) is 16.6 Å². The minimum atomic E-state index is -3.62. The number of nitrogens with one attached hydrogen (secondary N) is 2. The van der Waals surface area contributed by atoms with Crippen molar-refractivity contribution < 1.29 is 12.8 Å². The van der Waals surface area contributed by atoms with Crippen LogP contribution in [0.25, 0.3) is 0 Å². The van der Waals surface area contributed by atoms with E-state index >= 15 is 0 Å². The first-order chi connectivity index (χ1) is 9.42. The van der Waals surface area contributed by atoms with E-state index in [2.05, 4.69) is 31.0 Å². The molecule has 2 rings (SSSR count). The summed E-state index contributed by atoms with van der Waals surface area (Å²) in [5, 5.41) is 4.63. The van der Waals surface area contributed by atoms with E-state index in [9.17, 15) is 8.42 Å². The molecule has 2 heterocycles. The Morgan fingerprint density at radius 3 is 2.60 bits per heavy atom. The molecule has 1 aromatic heterocycles. The van der Waals surface area contributed by atoms with Gasteiger partial charge < -0.3 is 14.6 Å². The van der Waals surface area contributed by atoms with Crippen LogP contribution >= 0.6 is 15.9 Å². The van der Waals surface area contributed by atoms with Crippen LogP contribution in [0.1, 0.15) is 5.76 Å². The molecule has 0 amide bonds. The zero-order valence-corrected chi connectivity index (χ0v) is 13.9. The van der Waals surface area contributed by atoms with Crippen LogP contribution in [0.2, 0.25) is 0 Å². The molecular formula is C11H19BrN4O3S. The van der Waals surface area contributed by atoms with E-state index in [1.807, 2.05) is 7.05 Å². The highest BCUT2D eigenvalue weighted by Crippen LogP contribution is 2.26. The Bertz CT molecular complexity index is 552. The number of likely N-dealkylation sites (N-methyl/N-ethyl adjacent to an activating group) is 1. The van der Waals surface area contributed by atoms with Crippen LogP contribution < -0.4 is 10.1 Å². The zero-order chi connectivity index (χ0) is 14.8. The van der Waals surface area contributed by atoms with Crippen molar-refractivity contribution in [3.63, 3.8) is 0 Å². The third-order valence-electron chi connectivity index (χ3n) is 3.10. The summed E-state index contributed by atoms with van der Waals surface area (Å²) in [5.74, 6) is 0.568. The van der Waals surface area contributed by atoms with Gasteiger partial charge in [0.2, 0.25) is 0 Å². The van der Waals surface area contributed by atoms with Gasteiger partial charge in [0.25, 0.3) is 10.0 Å². The van der Waals surface area contributed by atoms with Gasteiger partial charge in [-0.1, -0.05) is 0 Å². The van der Waals surface area contributed by atoms with Crippen LogP contribution in [0.4, 0.5) is 0 Å². The molecular weight excluding hydrogens is 348 g/mol. The van der Waals surface area contributed by atoms with Gasteiger partial charge >= 0.3 is 0 Å². The first kappa shape index (κ1) is 15.9. The number of hydrazine groups is 1. The lowest BCUT2D eigenvalue weighted by atomic mass is 10.4. The van der Waals surface area contributed by atoms with E-state index in [1.165, 1.54) is 6.07 Å². The summed E-state index contributed by atoms with van der Waals surface area (Å²) >= 11 is 3.16. The fourth-order valence-corrected chi connectivity index (χ4v) is 4.08. The summed E-state index contributed by atoms with van der Waals surface area (Å²) in [4.78, 5) is 4.88. The predicted octanol–water partition coefficient (Wildman–Crippen LogP) is 0.202. The SMILES string of the molecule is CNCc1cc(S(=O)(=O)NN2CCN(C)CC2)c(Br)o1. The van der Waals surface area contributed by atoms with Crippen molar-refractivity contribution in [3.8, 4) is 0 Å². The first-order valence-corrected chi connectivity index (χ1v) is 8.59. The van der Waals surface area contributed by atoms with Gasteiger partial charge in [-0.15, -0.1) is 4.83 Å². The van der Waals surface area contributed by atoms with E-state index in [1.54, 1.807) is 12.1 Å². The monoisotopic (exact) mass is 366 g/mol. The van der Waals surface area contributed by atoms with Crippen LogP contribution in [0.3, 0.4) is 0 Å². The fourth-order valence-electron chi connectivity index (χ4n) is 1.96. The van der Waals surface area contributed by atoms with E-state index in [4.69, 9.17) is 4.42 Å². The molecule has 114 valence electrons. The number of sulfonamides is 1. The summed E-state index contributed by atoms with van der Waals surface area (Å²) < 4.78 is 30.3. The Labute approximate surface area is 127 Å². The van der Waals surface area contributed by atoms with Crippen molar-refractivity contribution in [2.75, 3.05) is 40.3 Å². The Morgan fingerprint density at radius 2 is 2.00 bits per heavy atom. The number of nitrogens with zero attached hydrogens (tertiary/aromatic N) is 2. The largest absolute Gasteiger partial charge is 0.452 e. The number of hydrogen-bond donors (Lipinski definition) is 2. The molecule has 9 heteroatoms.